The second-order valence-electron chi connectivity index (χ2n) is 4.24. The van der Waals surface area contributed by atoms with Crippen molar-refractivity contribution in [2.24, 2.45) is 5.92 Å². The van der Waals surface area contributed by atoms with Gasteiger partial charge in [-0.3, -0.25) is 0 Å². The summed E-state index contributed by atoms with van der Waals surface area (Å²) in [6, 6.07) is 3.73. The summed E-state index contributed by atoms with van der Waals surface area (Å²) in [4.78, 5) is 1.88. The Morgan fingerprint density at radius 3 is 2.31 bits per heavy atom. The number of halogens is 2. The summed E-state index contributed by atoms with van der Waals surface area (Å²) in [5.41, 5.74) is 0.672. The lowest BCUT2D eigenvalue weighted by Gasteiger charge is -2.29. The van der Waals surface area contributed by atoms with Crippen molar-refractivity contribution in [3.05, 3.63) is 35.4 Å². The quantitative estimate of drug-likeness (QED) is 0.855. The van der Waals surface area contributed by atoms with Gasteiger partial charge in [0.2, 0.25) is 0 Å². The fraction of sp³-hybridized carbons (Fsp3) is 0.500. The van der Waals surface area contributed by atoms with Gasteiger partial charge in [0.25, 0.3) is 0 Å². The van der Waals surface area contributed by atoms with Crippen molar-refractivity contribution >= 4 is 0 Å². The molecular weight excluding hydrogens is 212 g/mol. The fourth-order valence-electron chi connectivity index (χ4n) is 1.93. The molecule has 4 heteroatoms. The van der Waals surface area contributed by atoms with E-state index in [1.807, 2.05) is 25.9 Å². The van der Waals surface area contributed by atoms with E-state index in [1.165, 1.54) is 6.07 Å². The second-order valence-corrected chi connectivity index (χ2v) is 4.24. The molecule has 1 aromatic carbocycles. The van der Waals surface area contributed by atoms with Crippen molar-refractivity contribution in [3.63, 3.8) is 0 Å². The van der Waals surface area contributed by atoms with E-state index in [1.54, 1.807) is 6.07 Å². The Bertz CT molecular complexity index is 355. The molecular formula is C12H17F2NO. The highest BCUT2D eigenvalue weighted by Crippen LogP contribution is 2.27. The number of benzene rings is 1. The van der Waals surface area contributed by atoms with Gasteiger partial charge >= 0.3 is 0 Å². The molecule has 2 unspecified atom stereocenters. The standard InChI is InChI=1S/C12H17F2NO/c1-8(7-16)12(15(2)3)9-4-5-10(13)11(14)6-9/h4-6,8,12,16H,7H2,1-3H3. The highest BCUT2D eigenvalue weighted by Gasteiger charge is 2.21. The summed E-state index contributed by atoms with van der Waals surface area (Å²) in [5, 5.41) is 9.14. The van der Waals surface area contributed by atoms with Gasteiger partial charge in [-0.15, -0.1) is 0 Å². The smallest absolute Gasteiger partial charge is 0.159 e. The topological polar surface area (TPSA) is 23.5 Å². The number of hydrogen-bond donors (Lipinski definition) is 1. The van der Waals surface area contributed by atoms with Crippen molar-refractivity contribution in [2.45, 2.75) is 13.0 Å². The summed E-state index contributed by atoms with van der Waals surface area (Å²) >= 11 is 0. The van der Waals surface area contributed by atoms with Crippen LogP contribution < -0.4 is 0 Å². The van der Waals surface area contributed by atoms with E-state index >= 15 is 0 Å². The zero-order chi connectivity index (χ0) is 12.3. The highest BCUT2D eigenvalue weighted by atomic mass is 19.2. The minimum Gasteiger partial charge on any atom is -0.396 e. The summed E-state index contributed by atoms with van der Waals surface area (Å²) in [7, 11) is 3.69. The van der Waals surface area contributed by atoms with Crippen LogP contribution in [0.3, 0.4) is 0 Å². The van der Waals surface area contributed by atoms with E-state index < -0.39 is 11.6 Å². The molecule has 0 heterocycles. The van der Waals surface area contributed by atoms with Gasteiger partial charge in [-0.1, -0.05) is 13.0 Å². The summed E-state index contributed by atoms with van der Waals surface area (Å²) in [5.74, 6) is -1.74. The lowest BCUT2D eigenvalue weighted by Crippen LogP contribution is -2.28. The molecule has 0 saturated heterocycles. The lowest BCUT2D eigenvalue weighted by atomic mass is 9.94. The largest absolute Gasteiger partial charge is 0.396 e. The maximum atomic E-state index is 13.1. The molecule has 1 N–H and O–H groups in total. The molecule has 0 fully saturated rings. The van der Waals surface area contributed by atoms with Gasteiger partial charge in [0.1, 0.15) is 0 Å². The third-order valence-electron chi connectivity index (χ3n) is 2.67. The average molecular weight is 229 g/mol. The van der Waals surface area contributed by atoms with E-state index in [0.717, 1.165) is 6.07 Å². The summed E-state index contributed by atoms with van der Waals surface area (Å²) in [6.45, 7) is 1.87. The molecule has 0 aromatic heterocycles. The molecule has 16 heavy (non-hydrogen) atoms. The lowest BCUT2D eigenvalue weighted by molar-refractivity contribution is 0.145. The van der Waals surface area contributed by atoms with Crippen LogP contribution in [0.1, 0.15) is 18.5 Å². The zero-order valence-electron chi connectivity index (χ0n) is 9.74. The Labute approximate surface area is 94.5 Å². The van der Waals surface area contributed by atoms with Crippen molar-refractivity contribution in [1.82, 2.24) is 4.90 Å². The van der Waals surface area contributed by atoms with Gasteiger partial charge in [0, 0.05) is 12.6 Å². The molecule has 0 aliphatic rings. The number of aliphatic hydroxyl groups is 1. The Hall–Kier alpha value is -1.00. The summed E-state index contributed by atoms with van der Waals surface area (Å²) < 4.78 is 25.9. The first kappa shape index (κ1) is 13.1. The Morgan fingerprint density at radius 2 is 1.88 bits per heavy atom. The molecule has 0 aliphatic carbocycles. The first-order valence-corrected chi connectivity index (χ1v) is 5.19. The van der Waals surface area contributed by atoms with Crippen LogP contribution >= 0.6 is 0 Å². The molecule has 90 valence electrons. The molecule has 0 spiro atoms. The predicted molar refractivity (Wildman–Crippen MR) is 59.0 cm³/mol. The van der Waals surface area contributed by atoms with Crippen molar-refractivity contribution in [2.75, 3.05) is 20.7 Å². The van der Waals surface area contributed by atoms with E-state index in [-0.39, 0.29) is 18.6 Å². The number of nitrogens with zero attached hydrogens (tertiary/aromatic N) is 1. The van der Waals surface area contributed by atoms with Gasteiger partial charge in [0.15, 0.2) is 11.6 Å². The highest BCUT2D eigenvalue weighted by molar-refractivity contribution is 5.22. The van der Waals surface area contributed by atoms with Gasteiger partial charge in [0.05, 0.1) is 0 Å². The number of hydrogen-bond acceptors (Lipinski definition) is 2. The molecule has 0 radical (unpaired) electrons. The van der Waals surface area contributed by atoms with Gasteiger partial charge in [-0.2, -0.15) is 0 Å². The van der Waals surface area contributed by atoms with Crippen LogP contribution in [0.2, 0.25) is 0 Å². The maximum absolute atomic E-state index is 13.1. The Kier molecular flexibility index (Phi) is 4.38. The van der Waals surface area contributed by atoms with Crippen LogP contribution in [-0.4, -0.2) is 30.7 Å². The van der Waals surface area contributed by atoms with E-state index in [2.05, 4.69) is 0 Å². The van der Waals surface area contributed by atoms with Crippen LogP contribution in [-0.2, 0) is 0 Å². The predicted octanol–water partition coefficient (Wildman–Crippen LogP) is 2.20. The van der Waals surface area contributed by atoms with Crippen molar-refractivity contribution < 1.29 is 13.9 Å². The first-order valence-electron chi connectivity index (χ1n) is 5.19. The van der Waals surface area contributed by atoms with Gasteiger partial charge in [-0.25, -0.2) is 8.78 Å². The van der Waals surface area contributed by atoms with Gasteiger partial charge in [-0.05, 0) is 37.7 Å². The van der Waals surface area contributed by atoms with Crippen LogP contribution in [0, 0.1) is 17.6 Å². The zero-order valence-corrected chi connectivity index (χ0v) is 9.74. The molecule has 2 atom stereocenters. The van der Waals surface area contributed by atoms with Crippen molar-refractivity contribution in [1.29, 1.82) is 0 Å². The molecule has 1 aromatic rings. The number of aliphatic hydroxyl groups excluding tert-OH is 1. The van der Waals surface area contributed by atoms with E-state index in [4.69, 9.17) is 5.11 Å². The fourth-order valence-corrected chi connectivity index (χ4v) is 1.93. The molecule has 0 aliphatic heterocycles. The molecule has 1 rings (SSSR count). The van der Waals surface area contributed by atoms with Crippen molar-refractivity contribution in [3.8, 4) is 0 Å². The van der Waals surface area contributed by atoms with E-state index in [9.17, 15) is 8.78 Å². The minimum atomic E-state index is -0.852. The van der Waals surface area contributed by atoms with Crippen LogP contribution in [0.25, 0.3) is 0 Å². The minimum absolute atomic E-state index is 0.00183. The molecule has 0 amide bonds. The summed E-state index contributed by atoms with van der Waals surface area (Å²) in [6.07, 6.45) is 0. The Balaban J connectivity index is 3.06. The van der Waals surface area contributed by atoms with Crippen LogP contribution in [0.4, 0.5) is 8.78 Å². The number of rotatable bonds is 4. The molecule has 0 bridgehead atoms. The normalized spacial score (nSPS) is 15.2. The van der Waals surface area contributed by atoms with Crippen LogP contribution in [0.15, 0.2) is 18.2 Å². The third kappa shape index (κ3) is 2.77. The average Bonchev–Trinajstić information content (AvgIpc) is 2.22. The maximum Gasteiger partial charge on any atom is 0.159 e. The van der Waals surface area contributed by atoms with Crippen LogP contribution in [0.5, 0.6) is 0 Å². The second kappa shape index (κ2) is 5.37. The molecule has 2 nitrogen and oxygen atoms in total. The first-order chi connectivity index (χ1) is 7.47. The van der Waals surface area contributed by atoms with Gasteiger partial charge < -0.3 is 10.0 Å². The monoisotopic (exact) mass is 229 g/mol. The van der Waals surface area contributed by atoms with E-state index in [0.29, 0.717) is 5.56 Å². The Morgan fingerprint density at radius 1 is 1.25 bits per heavy atom. The SMILES string of the molecule is CC(CO)C(c1ccc(F)c(F)c1)N(C)C. The third-order valence-corrected chi connectivity index (χ3v) is 2.67. The molecule has 0 saturated carbocycles.